The minimum Gasteiger partial charge on any atom is -0.478 e. The minimum absolute atomic E-state index is 0.128. The van der Waals surface area contributed by atoms with E-state index >= 15 is 0 Å². The fourth-order valence-corrected chi connectivity index (χ4v) is 4.47. The number of carbonyl (C=O) groups excluding carboxylic acids is 3. The van der Waals surface area contributed by atoms with E-state index in [9.17, 15) is 24.3 Å². The van der Waals surface area contributed by atoms with Crippen molar-refractivity contribution in [1.29, 1.82) is 0 Å². The van der Waals surface area contributed by atoms with Crippen LogP contribution in [0, 0.1) is 20.8 Å². The molecule has 0 atom stereocenters. The van der Waals surface area contributed by atoms with Gasteiger partial charge in [0.05, 0.1) is 10.5 Å². The number of amides is 3. The number of furan rings is 1. The molecule has 1 aliphatic rings. The standard InChI is InChI=1S/C26H22N2O6S/c1-14-4-8-20(16(3)10-14)27-23(29)13-28-24(30)22(35-26(28)33)12-18-7-9-21(34-18)19-11-17(25(31)32)6-5-15(19)2/h4-12H,13H2,1-3H3,(H,27,29)(H,31,32)/b22-12-. The molecular weight excluding hydrogens is 468 g/mol. The van der Waals surface area contributed by atoms with Crippen LogP contribution in [0.15, 0.2) is 57.9 Å². The number of anilines is 1. The summed E-state index contributed by atoms with van der Waals surface area (Å²) < 4.78 is 5.80. The van der Waals surface area contributed by atoms with Gasteiger partial charge < -0.3 is 14.8 Å². The Morgan fingerprint density at radius 2 is 1.80 bits per heavy atom. The number of nitrogens with one attached hydrogen (secondary N) is 1. The summed E-state index contributed by atoms with van der Waals surface area (Å²) in [5, 5.41) is 11.4. The summed E-state index contributed by atoms with van der Waals surface area (Å²) in [7, 11) is 0. The molecule has 0 bridgehead atoms. The summed E-state index contributed by atoms with van der Waals surface area (Å²) in [5.74, 6) is -1.35. The Hall–Kier alpha value is -4.11. The number of thioether (sulfide) groups is 1. The van der Waals surface area contributed by atoms with Gasteiger partial charge in [-0.15, -0.1) is 0 Å². The molecule has 1 aromatic heterocycles. The van der Waals surface area contributed by atoms with Crippen LogP contribution >= 0.6 is 11.8 Å². The molecule has 1 aliphatic heterocycles. The molecule has 0 aliphatic carbocycles. The highest BCUT2D eigenvalue weighted by molar-refractivity contribution is 8.18. The Kier molecular flexibility index (Phi) is 6.61. The largest absolute Gasteiger partial charge is 0.478 e. The van der Waals surface area contributed by atoms with Gasteiger partial charge in [0.1, 0.15) is 18.1 Å². The molecule has 3 aromatic rings. The van der Waals surface area contributed by atoms with Gasteiger partial charge in [0.25, 0.3) is 11.1 Å². The normalized spacial score (nSPS) is 14.6. The summed E-state index contributed by atoms with van der Waals surface area (Å²) in [5.41, 5.74) is 4.12. The van der Waals surface area contributed by atoms with Crippen molar-refractivity contribution in [2.24, 2.45) is 0 Å². The maximum Gasteiger partial charge on any atom is 0.335 e. The average molecular weight is 491 g/mol. The molecule has 3 amide bonds. The van der Waals surface area contributed by atoms with Crippen LogP contribution in [0.5, 0.6) is 0 Å². The number of nitrogens with zero attached hydrogens (tertiary/aromatic N) is 1. The van der Waals surface area contributed by atoms with Gasteiger partial charge in [-0.3, -0.25) is 19.3 Å². The second-order valence-electron chi connectivity index (χ2n) is 8.17. The van der Waals surface area contributed by atoms with E-state index in [0.29, 0.717) is 22.8 Å². The smallest absolute Gasteiger partial charge is 0.335 e. The van der Waals surface area contributed by atoms with E-state index in [0.717, 1.165) is 33.4 Å². The van der Waals surface area contributed by atoms with E-state index in [1.807, 2.05) is 32.9 Å². The van der Waals surface area contributed by atoms with E-state index in [4.69, 9.17) is 4.42 Å². The molecular formula is C26H22N2O6S. The highest BCUT2D eigenvalue weighted by Gasteiger charge is 2.36. The first kappa shape index (κ1) is 24.0. The second kappa shape index (κ2) is 9.63. The van der Waals surface area contributed by atoms with Gasteiger partial charge in [0.15, 0.2) is 0 Å². The lowest BCUT2D eigenvalue weighted by molar-refractivity contribution is -0.127. The van der Waals surface area contributed by atoms with Gasteiger partial charge in [-0.2, -0.15) is 0 Å². The van der Waals surface area contributed by atoms with Crippen LogP contribution < -0.4 is 5.32 Å². The van der Waals surface area contributed by atoms with Gasteiger partial charge in [-0.25, -0.2) is 4.79 Å². The second-order valence-corrected chi connectivity index (χ2v) is 9.16. The fourth-order valence-electron chi connectivity index (χ4n) is 3.65. The van der Waals surface area contributed by atoms with Gasteiger partial charge >= 0.3 is 5.97 Å². The fraction of sp³-hybridized carbons (Fsp3) is 0.154. The molecule has 9 heteroatoms. The Morgan fingerprint density at radius 3 is 2.51 bits per heavy atom. The Labute approximate surface area is 205 Å². The molecule has 0 unspecified atom stereocenters. The molecule has 1 saturated heterocycles. The number of carbonyl (C=O) groups is 4. The molecule has 0 spiro atoms. The SMILES string of the molecule is Cc1ccc(NC(=O)CN2C(=O)S/C(=C\c3ccc(-c4cc(C(=O)O)ccc4C)o3)C2=O)c(C)c1. The Balaban J connectivity index is 1.49. The number of benzene rings is 2. The monoisotopic (exact) mass is 490 g/mol. The van der Waals surface area contributed by atoms with Crippen LogP contribution in [0.3, 0.4) is 0 Å². The quantitative estimate of drug-likeness (QED) is 0.454. The zero-order valence-electron chi connectivity index (χ0n) is 19.2. The van der Waals surface area contributed by atoms with Crippen LogP contribution in [0.25, 0.3) is 17.4 Å². The lowest BCUT2D eigenvalue weighted by Gasteiger charge is -2.13. The number of aromatic carboxylic acids is 1. The third-order valence-corrected chi connectivity index (χ3v) is 6.39. The molecule has 2 N–H and O–H groups in total. The summed E-state index contributed by atoms with van der Waals surface area (Å²) >= 11 is 0.725. The van der Waals surface area contributed by atoms with E-state index < -0.39 is 29.6 Å². The number of hydrogen-bond donors (Lipinski definition) is 2. The molecule has 35 heavy (non-hydrogen) atoms. The van der Waals surface area contributed by atoms with Crippen molar-refractivity contribution >= 4 is 46.5 Å². The summed E-state index contributed by atoms with van der Waals surface area (Å²) in [4.78, 5) is 50.0. The van der Waals surface area contributed by atoms with Crippen LogP contribution in [0.2, 0.25) is 0 Å². The first-order valence-electron chi connectivity index (χ1n) is 10.7. The van der Waals surface area contributed by atoms with E-state index in [-0.39, 0.29) is 10.5 Å². The number of imide groups is 1. The predicted octanol–water partition coefficient (Wildman–Crippen LogP) is 5.25. The van der Waals surface area contributed by atoms with Gasteiger partial charge in [0, 0.05) is 17.3 Å². The molecule has 2 aromatic carbocycles. The molecule has 8 nitrogen and oxygen atoms in total. The number of aryl methyl sites for hydroxylation is 3. The first-order chi connectivity index (χ1) is 16.6. The van der Waals surface area contributed by atoms with E-state index in [1.165, 1.54) is 18.2 Å². The molecule has 1 fully saturated rings. The van der Waals surface area contributed by atoms with Gasteiger partial charge in [-0.05, 0) is 74.0 Å². The van der Waals surface area contributed by atoms with Gasteiger partial charge in [-0.1, -0.05) is 23.8 Å². The highest BCUT2D eigenvalue weighted by atomic mass is 32.2. The van der Waals surface area contributed by atoms with Crippen molar-refractivity contribution in [3.05, 3.63) is 81.5 Å². The molecule has 4 rings (SSSR count). The average Bonchev–Trinajstić information content (AvgIpc) is 3.36. The van der Waals surface area contributed by atoms with Crippen molar-refractivity contribution in [2.45, 2.75) is 20.8 Å². The minimum atomic E-state index is -1.05. The molecule has 178 valence electrons. The maximum atomic E-state index is 12.8. The number of carboxylic acids is 1. The van der Waals surface area contributed by atoms with Crippen molar-refractivity contribution in [1.82, 2.24) is 4.90 Å². The summed E-state index contributed by atoms with van der Waals surface area (Å²) in [6.07, 6.45) is 1.44. The van der Waals surface area contributed by atoms with Crippen molar-refractivity contribution in [2.75, 3.05) is 11.9 Å². The Bertz CT molecular complexity index is 1400. The zero-order chi connectivity index (χ0) is 25.3. The summed E-state index contributed by atoms with van der Waals surface area (Å²) in [6.45, 7) is 5.24. The van der Waals surface area contributed by atoms with Crippen LogP contribution in [0.1, 0.15) is 32.8 Å². The van der Waals surface area contributed by atoms with Crippen LogP contribution in [-0.4, -0.2) is 39.6 Å². The maximum absolute atomic E-state index is 12.8. The van der Waals surface area contributed by atoms with Gasteiger partial charge in [0.2, 0.25) is 5.91 Å². The third kappa shape index (κ3) is 5.20. The van der Waals surface area contributed by atoms with E-state index in [1.54, 1.807) is 24.3 Å². The van der Waals surface area contributed by atoms with Crippen LogP contribution in [0.4, 0.5) is 10.5 Å². The molecule has 0 saturated carbocycles. The van der Waals surface area contributed by atoms with Crippen molar-refractivity contribution in [3.8, 4) is 11.3 Å². The number of hydrogen-bond acceptors (Lipinski definition) is 6. The van der Waals surface area contributed by atoms with Crippen LogP contribution in [-0.2, 0) is 9.59 Å². The van der Waals surface area contributed by atoms with Crippen molar-refractivity contribution in [3.63, 3.8) is 0 Å². The van der Waals surface area contributed by atoms with E-state index in [2.05, 4.69) is 5.32 Å². The third-order valence-electron chi connectivity index (χ3n) is 5.48. The molecule has 2 heterocycles. The first-order valence-corrected chi connectivity index (χ1v) is 11.5. The lowest BCUT2D eigenvalue weighted by Crippen LogP contribution is -2.36. The number of carboxylic acid groups (broad SMARTS) is 1. The zero-order valence-corrected chi connectivity index (χ0v) is 20.1. The topological polar surface area (TPSA) is 117 Å². The van der Waals surface area contributed by atoms with Crippen molar-refractivity contribution < 1.29 is 28.7 Å². The number of rotatable bonds is 6. The summed E-state index contributed by atoms with van der Waals surface area (Å²) in [6, 6.07) is 13.6. The Morgan fingerprint density at radius 1 is 1.03 bits per heavy atom. The lowest BCUT2D eigenvalue weighted by atomic mass is 10.0. The highest BCUT2D eigenvalue weighted by Crippen LogP contribution is 2.34. The predicted molar refractivity (Wildman–Crippen MR) is 133 cm³/mol. The molecule has 0 radical (unpaired) electrons.